The molecule has 2 N–H and O–H groups in total. The number of fused-ring (bicyclic) bond motifs is 1. The predicted octanol–water partition coefficient (Wildman–Crippen LogP) is 4.37. The van der Waals surface area contributed by atoms with E-state index in [9.17, 15) is 31.5 Å². The van der Waals surface area contributed by atoms with Crippen LogP contribution in [0.2, 0.25) is 0 Å². The molecule has 15 heteroatoms. The number of urea groups is 1. The molecule has 10 nitrogen and oxygen atoms in total. The summed E-state index contributed by atoms with van der Waals surface area (Å²) in [6.45, 7) is -0.459. The van der Waals surface area contributed by atoms with Crippen molar-refractivity contribution in [2.75, 3.05) is 25.0 Å². The van der Waals surface area contributed by atoms with Gasteiger partial charge in [-0.1, -0.05) is 12.1 Å². The number of hydrogen-bond donors (Lipinski definition) is 2. The zero-order chi connectivity index (χ0) is 28.7. The molecule has 3 amide bonds. The number of anilines is 1. The number of rotatable bonds is 6. The smallest absolute Gasteiger partial charge is 0.335 e. The number of imidazole rings is 1. The molecule has 4 heterocycles. The Bertz CT molecular complexity index is 1560. The largest absolute Gasteiger partial charge is 0.405 e. The second-order valence-corrected chi connectivity index (χ2v) is 9.41. The first-order chi connectivity index (χ1) is 18.9. The lowest BCUT2D eigenvalue weighted by atomic mass is 10.1. The number of nitrogens with one attached hydrogen (secondary N) is 2. The van der Waals surface area contributed by atoms with Gasteiger partial charge in [0.05, 0.1) is 30.8 Å². The topological polar surface area (TPSA) is 109 Å². The van der Waals surface area contributed by atoms with Crippen molar-refractivity contribution in [2.45, 2.75) is 31.5 Å². The van der Waals surface area contributed by atoms with Crippen LogP contribution < -0.4 is 10.6 Å². The minimum atomic E-state index is -4.53. The van der Waals surface area contributed by atoms with Gasteiger partial charge >= 0.3 is 12.2 Å². The highest BCUT2D eigenvalue weighted by Gasteiger charge is 2.41. The van der Waals surface area contributed by atoms with Crippen molar-refractivity contribution in [2.24, 2.45) is 0 Å². The number of carbonyl (C=O) groups excluding carboxylic acids is 2. The van der Waals surface area contributed by atoms with Gasteiger partial charge in [-0.15, -0.1) is 0 Å². The minimum absolute atomic E-state index is 0.00265. The fourth-order valence-corrected chi connectivity index (χ4v) is 4.34. The number of nitrogens with zero attached hydrogens (tertiary/aromatic N) is 6. The van der Waals surface area contributed by atoms with Crippen LogP contribution in [0.5, 0.6) is 0 Å². The Morgan fingerprint density at radius 1 is 1.07 bits per heavy atom. The fraction of sp³-hybridized carbons (Fsp3) is 0.320. The van der Waals surface area contributed by atoms with Crippen molar-refractivity contribution in [1.29, 1.82) is 0 Å². The van der Waals surface area contributed by atoms with Crippen LogP contribution in [-0.2, 0) is 4.79 Å². The average Bonchev–Trinajstić information content (AvgIpc) is 3.64. The van der Waals surface area contributed by atoms with E-state index in [2.05, 4.69) is 20.5 Å². The van der Waals surface area contributed by atoms with Crippen LogP contribution in [0.1, 0.15) is 19.4 Å². The van der Waals surface area contributed by atoms with Crippen molar-refractivity contribution in [3.8, 4) is 22.4 Å². The quantitative estimate of drug-likeness (QED) is 0.339. The lowest BCUT2D eigenvalue weighted by Crippen LogP contribution is -2.36. The number of alkyl halides is 5. The monoisotopic (exact) mass is 562 g/mol. The first kappa shape index (κ1) is 27.0. The van der Waals surface area contributed by atoms with Crippen molar-refractivity contribution in [3.63, 3.8) is 0 Å². The molecule has 0 saturated carbocycles. The normalized spacial score (nSPS) is 15.8. The molecular weight excluding hydrogens is 539 g/mol. The fourth-order valence-electron chi connectivity index (χ4n) is 4.34. The Hall–Kier alpha value is -4.56. The third kappa shape index (κ3) is 5.87. The molecule has 0 spiro atoms. The maximum Gasteiger partial charge on any atom is 0.405 e. The van der Waals surface area contributed by atoms with E-state index in [4.69, 9.17) is 0 Å². The molecule has 40 heavy (non-hydrogen) atoms. The van der Waals surface area contributed by atoms with Gasteiger partial charge in [0.25, 0.3) is 5.92 Å². The standard InChI is InChI=1S/C25H23F5N8O2/c1-15(22(39)36-6-5-24(26,27)14-36)37-12-18(10-33-37)17-8-21-31-11-20(38(21)34-9-17)16-3-2-4-19(7-16)35-23(40)32-13-25(28,29)30/h2-4,7-12,15H,5-6,13-14H2,1H3,(H2,32,35,40). The predicted molar refractivity (Wildman–Crippen MR) is 134 cm³/mol. The molecule has 1 aromatic carbocycles. The molecule has 1 saturated heterocycles. The molecule has 0 bridgehead atoms. The van der Waals surface area contributed by atoms with Gasteiger partial charge in [-0.05, 0) is 25.1 Å². The molecule has 1 fully saturated rings. The number of amides is 3. The summed E-state index contributed by atoms with van der Waals surface area (Å²) in [5.41, 5.74) is 3.22. The van der Waals surface area contributed by atoms with Gasteiger partial charge in [0.2, 0.25) is 5.91 Å². The number of aromatic nitrogens is 5. The number of hydrogen-bond acceptors (Lipinski definition) is 5. The molecule has 5 rings (SSSR count). The molecule has 0 radical (unpaired) electrons. The molecule has 210 valence electrons. The van der Waals surface area contributed by atoms with Gasteiger partial charge in [-0.2, -0.15) is 23.4 Å². The van der Waals surface area contributed by atoms with E-state index < -0.39 is 43.2 Å². The lowest BCUT2D eigenvalue weighted by Gasteiger charge is -2.20. The number of halogens is 5. The van der Waals surface area contributed by atoms with Crippen LogP contribution in [0.15, 0.2) is 55.1 Å². The summed E-state index contributed by atoms with van der Waals surface area (Å²) in [5.74, 6) is -3.31. The highest BCUT2D eigenvalue weighted by atomic mass is 19.4. The first-order valence-corrected chi connectivity index (χ1v) is 12.2. The van der Waals surface area contributed by atoms with Crippen molar-refractivity contribution >= 4 is 23.3 Å². The highest BCUT2D eigenvalue weighted by molar-refractivity contribution is 5.90. The van der Waals surface area contributed by atoms with Crippen LogP contribution >= 0.6 is 0 Å². The zero-order valence-corrected chi connectivity index (χ0v) is 21.0. The summed E-state index contributed by atoms with van der Waals surface area (Å²) in [6, 6.07) is 6.45. The van der Waals surface area contributed by atoms with Gasteiger partial charge in [-0.25, -0.2) is 23.1 Å². The summed E-state index contributed by atoms with van der Waals surface area (Å²) in [7, 11) is 0. The number of carbonyl (C=O) groups is 2. The van der Waals surface area contributed by atoms with E-state index in [1.807, 2.05) is 0 Å². The highest BCUT2D eigenvalue weighted by Crippen LogP contribution is 2.29. The Labute approximate surface area is 223 Å². The molecule has 3 aromatic heterocycles. The molecule has 4 aromatic rings. The Balaban J connectivity index is 1.31. The van der Waals surface area contributed by atoms with Gasteiger partial charge in [0, 0.05) is 41.5 Å². The van der Waals surface area contributed by atoms with E-state index in [-0.39, 0.29) is 18.7 Å². The third-order valence-electron chi connectivity index (χ3n) is 6.40. The molecule has 0 aliphatic carbocycles. The SMILES string of the molecule is CC(C(=O)N1CCC(F)(F)C1)n1cc(-c2cnn3c(-c4cccc(NC(=O)NCC(F)(F)F)c4)cnc3c2)cn1. The van der Waals surface area contributed by atoms with E-state index in [1.165, 1.54) is 10.7 Å². The van der Waals surface area contributed by atoms with Gasteiger partial charge < -0.3 is 15.5 Å². The van der Waals surface area contributed by atoms with Crippen molar-refractivity contribution in [1.82, 2.24) is 34.6 Å². The summed E-state index contributed by atoms with van der Waals surface area (Å²) in [4.78, 5) is 30.0. The summed E-state index contributed by atoms with van der Waals surface area (Å²) in [5, 5.41) is 12.8. The van der Waals surface area contributed by atoms with E-state index in [1.54, 1.807) is 65.8 Å². The molecule has 1 aliphatic rings. The number of likely N-dealkylation sites (tertiary alicyclic amines) is 1. The third-order valence-corrected chi connectivity index (χ3v) is 6.40. The van der Waals surface area contributed by atoms with E-state index in [0.29, 0.717) is 28.0 Å². The molecule has 1 aliphatic heterocycles. The molecular formula is C25H23F5N8O2. The van der Waals surface area contributed by atoms with Crippen LogP contribution in [0, 0.1) is 0 Å². The Morgan fingerprint density at radius 2 is 1.85 bits per heavy atom. The lowest BCUT2D eigenvalue weighted by molar-refractivity contribution is -0.135. The molecule has 1 unspecified atom stereocenters. The second kappa shape index (κ2) is 10.2. The summed E-state index contributed by atoms with van der Waals surface area (Å²) >= 11 is 0. The maximum atomic E-state index is 13.5. The zero-order valence-electron chi connectivity index (χ0n) is 21.0. The number of benzene rings is 1. The first-order valence-electron chi connectivity index (χ1n) is 12.2. The second-order valence-electron chi connectivity index (χ2n) is 9.41. The van der Waals surface area contributed by atoms with Gasteiger partial charge in [0.1, 0.15) is 12.6 Å². The molecule has 1 atom stereocenters. The van der Waals surface area contributed by atoms with Gasteiger partial charge in [-0.3, -0.25) is 9.48 Å². The van der Waals surface area contributed by atoms with Crippen LogP contribution in [0.25, 0.3) is 28.0 Å². The van der Waals surface area contributed by atoms with Crippen molar-refractivity contribution in [3.05, 3.63) is 55.1 Å². The van der Waals surface area contributed by atoms with Crippen LogP contribution in [-0.4, -0.2) is 72.9 Å². The Morgan fingerprint density at radius 3 is 2.58 bits per heavy atom. The van der Waals surface area contributed by atoms with E-state index >= 15 is 0 Å². The average molecular weight is 563 g/mol. The minimum Gasteiger partial charge on any atom is -0.335 e. The van der Waals surface area contributed by atoms with E-state index in [0.717, 1.165) is 4.90 Å². The Kier molecular flexibility index (Phi) is 6.89. The van der Waals surface area contributed by atoms with Crippen LogP contribution in [0.4, 0.5) is 32.4 Å². The summed E-state index contributed by atoms with van der Waals surface area (Å²) in [6.07, 6.45) is 1.42. The van der Waals surface area contributed by atoms with Crippen molar-refractivity contribution < 1.29 is 31.5 Å². The van der Waals surface area contributed by atoms with Crippen LogP contribution in [0.3, 0.4) is 0 Å². The maximum absolute atomic E-state index is 13.5. The summed E-state index contributed by atoms with van der Waals surface area (Å²) < 4.78 is 67.0. The van der Waals surface area contributed by atoms with Gasteiger partial charge in [0.15, 0.2) is 5.65 Å².